The van der Waals surface area contributed by atoms with Crippen LogP contribution in [0.4, 0.5) is 4.39 Å². The van der Waals surface area contributed by atoms with Crippen molar-refractivity contribution in [1.82, 2.24) is 10.1 Å². The van der Waals surface area contributed by atoms with E-state index in [1.54, 1.807) is 48.5 Å². The fourth-order valence-electron chi connectivity index (χ4n) is 3.36. The Morgan fingerprint density at radius 2 is 1.44 bits per heavy atom. The van der Waals surface area contributed by atoms with Gasteiger partial charge in [0, 0.05) is 16.7 Å². The van der Waals surface area contributed by atoms with Gasteiger partial charge in [-0.25, -0.2) is 4.39 Å². The van der Waals surface area contributed by atoms with Gasteiger partial charge < -0.3 is 28.2 Å². The average Bonchev–Trinajstić information content (AvgIpc) is 3.37. The molecule has 9 heteroatoms. The van der Waals surface area contributed by atoms with E-state index in [0.717, 1.165) is 0 Å². The lowest BCUT2D eigenvalue weighted by Gasteiger charge is -2.12. The second kappa shape index (κ2) is 10.1. The number of ether oxygens (including phenoxy) is 5. The van der Waals surface area contributed by atoms with Gasteiger partial charge in [0.25, 0.3) is 5.89 Å². The van der Waals surface area contributed by atoms with E-state index in [-0.39, 0.29) is 18.3 Å². The minimum absolute atomic E-state index is 0.0654. The summed E-state index contributed by atoms with van der Waals surface area (Å²) in [7, 11) is 6.11. The second-order valence-electron chi connectivity index (χ2n) is 7.08. The second-order valence-corrected chi connectivity index (χ2v) is 7.08. The molecule has 0 unspecified atom stereocenters. The zero-order chi connectivity index (χ0) is 24.1. The van der Waals surface area contributed by atoms with Crippen molar-refractivity contribution in [3.8, 4) is 51.6 Å². The molecule has 0 saturated heterocycles. The molecule has 0 spiro atoms. The summed E-state index contributed by atoms with van der Waals surface area (Å²) in [6, 6.07) is 15.1. The Morgan fingerprint density at radius 1 is 0.765 bits per heavy atom. The van der Waals surface area contributed by atoms with Gasteiger partial charge in [0.05, 0.1) is 28.4 Å². The predicted molar refractivity (Wildman–Crippen MR) is 122 cm³/mol. The highest BCUT2D eigenvalue weighted by Gasteiger charge is 2.19. The minimum Gasteiger partial charge on any atom is -0.493 e. The molecule has 0 N–H and O–H groups in total. The molecule has 4 rings (SSSR count). The number of aromatic nitrogens is 2. The highest BCUT2D eigenvalue weighted by molar-refractivity contribution is 5.68. The molecule has 3 aromatic carbocycles. The topological polar surface area (TPSA) is 85.1 Å². The van der Waals surface area contributed by atoms with E-state index in [4.69, 9.17) is 28.2 Å². The normalized spacial score (nSPS) is 10.6. The first-order valence-electron chi connectivity index (χ1n) is 10.3. The molecule has 0 aliphatic rings. The summed E-state index contributed by atoms with van der Waals surface area (Å²) in [5.74, 6) is 2.60. The van der Waals surface area contributed by atoms with Gasteiger partial charge in [-0.2, -0.15) is 4.98 Å². The maximum Gasteiger partial charge on any atom is 0.258 e. The maximum atomic E-state index is 13.9. The molecular weight excluding hydrogens is 443 g/mol. The summed E-state index contributed by atoms with van der Waals surface area (Å²) >= 11 is 0. The van der Waals surface area contributed by atoms with Crippen LogP contribution in [-0.2, 0) is 6.61 Å². The van der Waals surface area contributed by atoms with E-state index >= 15 is 0 Å². The van der Waals surface area contributed by atoms with Crippen LogP contribution in [0.3, 0.4) is 0 Å². The highest BCUT2D eigenvalue weighted by atomic mass is 19.1. The van der Waals surface area contributed by atoms with Crippen molar-refractivity contribution >= 4 is 0 Å². The smallest absolute Gasteiger partial charge is 0.258 e. The number of methoxy groups -OCH3 is 4. The van der Waals surface area contributed by atoms with Crippen LogP contribution < -0.4 is 23.7 Å². The Morgan fingerprint density at radius 3 is 2.09 bits per heavy atom. The Labute approximate surface area is 195 Å². The lowest BCUT2D eigenvalue weighted by atomic mass is 10.1. The molecule has 0 atom stereocenters. The van der Waals surface area contributed by atoms with Crippen LogP contribution in [-0.4, -0.2) is 38.6 Å². The molecule has 0 saturated carbocycles. The van der Waals surface area contributed by atoms with Gasteiger partial charge in [0.1, 0.15) is 12.4 Å². The van der Waals surface area contributed by atoms with Crippen molar-refractivity contribution in [2.75, 3.05) is 28.4 Å². The highest BCUT2D eigenvalue weighted by Crippen LogP contribution is 2.41. The van der Waals surface area contributed by atoms with Crippen LogP contribution >= 0.6 is 0 Å². The van der Waals surface area contributed by atoms with Gasteiger partial charge in [0.2, 0.25) is 11.6 Å². The zero-order valence-corrected chi connectivity index (χ0v) is 19.1. The van der Waals surface area contributed by atoms with Crippen LogP contribution in [0.5, 0.6) is 28.7 Å². The molecule has 4 aromatic rings. The third-order valence-corrected chi connectivity index (χ3v) is 5.10. The third-order valence-electron chi connectivity index (χ3n) is 5.10. The minimum atomic E-state index is -0.329. The van der Waals surface area contributed by atoms with E-state index in [1.165, 1.54) is 34.5 Å². The van der Waals surface area contributed by atoms with E-state index in [0.29, 0.717) is 51.3 Å². The third kappa shape index (κ3) is 4.59. The van der Waals surface area contributed by atoms with Gasteiger partial charge in [-0.3, -0.25) is 0 Å². The van der Waals surface area contributed by atoms with Crippen LogP contribution in [0.15, 0.2) is 59.1 Å². The van der Waals surface area contributed by atoms with E-state index in [1.807, 2.05) is 0 Å². The molecule has 0 aliphatic heterocycles. The van der Waals surface area contributed by atoms with Crippen molar-refractivity contribution in [1.29, 1.82) is 0 Å². The van der Waals surface area contributed by atoms with Crippen LogP contribution in [0.1, 0.15) is 5.56 Å². The average molecular weight is 466 g/mol. The molecular formula is C25H23FN2O6. The molecule has 0 radical (unpaired) electrons. The molecule has 0 fully saturated rings. The Balaban J connectivity index is 1.59. The molecule has 34 heavy (non-hydrogen) atoms. The summed E-state index contributed by atoms with van der Waals surface area (Å²) in [5, 5.41) is 4.08. The van der Waals surface area contributed by atoms with Crippen molar-refractivity contribution in [3.63, 3.8) is 0 Å². The first-order valence-corrected chi connectivity index (χ1v) is 10.3. The van der Waals surface area contributed by atoms with Crippen LogP contribution in [0.25, 0.3) is 22.8 Å². The largest absolute Gasteiger partial charge is 0.493 e. The first kappa shape index (κ1) is 22.9. The van der Waals surface area contributed by atoms with E-state index in [2.05, 4.69) is 10.1 Å². The van der Waals surface area contributed by atoms with Crippen molar-refractivity contribution in [2.24, 2.45) is 0 Å². The molecule has 8 nitrogen and oxygen atoms in total. The number of halogens is 1. The summed E-state index contributed by atoms with van der Waals surface area (Å²) in [6.07, 6.45) is 0. The summed E-state index contributed by atoms with van der Waals surface area (Å²) in [4.78, 5) is 4.49. The van der Waals surface area contributed by atoms with Gasteiger partial charge in [0.15, 0.2) is 23.0 Å². The molecule has 176 valence electrons. The van der Waals surface area contributed by atoms with Crippen molar-refractivity contribution in [3.05, 3.63) is 66.0 Å². The van der Waals surface area contributed by atoms with Crippen molar-refractivity contribution < 1.29 is 32.6 Å². The monoisotopic (exact) mass is 466 g/mol. The van der Waals surface area contributed by atoms with Crippen LogP contribution in [0, 0.1) is 5.82 Å². The lowest BCUT2D eigenvalue weighted by Crippen LogP contribution is -2.00. The summed E-state index contributed by atoms with van der Waals surface area (Å²) in [5.41, 5.74) is 1.70. The summed E-state index contributed by atoms with van der Waals surface area (Å²) in [6.45, 7) is 0.0654. The number of rotatable bonds is 9. The van der Waals surface area contributed by atoms with Gasteiger partial charge >= 0.3 is 0 Å². The fourth-order valence-corrected chi connectivity index (χ4v) is 3.36. The van der Waals surface area contributed by atoms with Gasteiger partial charge in [-0.05, 0) is 36.4 Å². The van der Waals surface area contributed by atoms with Crippen LogP contribution in [0.2, 0.25) is 0 Å². The van der Waals surface area contributed by atoms with E-state index in [9.17, 15) is 4.39 Å². The SMILES string of the molecule is COc1cc(-c2noc(-c3cc(OC)c(OC)c(OC)c3)n2)ccc1OCc1ccccc1F. The standard InChI is InChI=1S/C25H23FN2O6/c1-29-20-11-15(9-10-19(20)33-14-16-7-5-6-8-18(16)26)24-27-25(34-28-24)17-12-21(30-2)23(32-4)22(13-17)31-3/h5-13H,14H2,1-4H3. The molecule has 1 aromatic heterocycles. The molecule has 0 aliphatic carbocycles. The number of hydrogen-bond acceptors (Lipinski definition) is 8. The maximum absolute atomic E-state index is 13.9. The summed E-state index contributed by atoms with van der Waals surface area (Å²) < 4.78 is 46.7. The zero-order valence-electron chi connectivity index (χ0n) is 19.1. The fraction of sp³-hybridized carbons (Fsp3) is 0.200. The molecule has 0 bridgehead atoms. The van der Waals surface area contributed by atoms with Gasteiger partial charge in [-0.1, -0.05) is 23.4 Å². The first-order chi connectivity index (χ1) is 16.6. The number of benzene rings is 3. The molecule has 1 heterocycles. The predicted octanol–water partition coefficient (Wildman–Crippen LogP) is 5.16. The Hall–Kier alpha value is -4.27. The van der Waals surface area contributed by atoms with Crippen molar-refractivity contribution in [2.45, 2.75) is 6.61 Å². The Bertz CT molecular complexity index is 1270. The number of nitrogens with zero attached hydrogens (tertiary/aromatic N) is 2. The Kier molecular flexibility index (Phi) is 6.82. The molecule has 0 amide bonds. The number of hydrogen-bond donors (Lipinski definition) is 0. The quantitative estimate of drug-likeness (QED) is 0.335. The lowest BCUT2D eigenvalue weighted by molar-refractivity contribution is 0.280. The van der Waals surface area contributed by atoms with E-state index < -0.39 is 0 Å². The van der Waals surface area contributed by atoms with Gasteiger partial charge in [-0.15, -0.1) is 0 Å².